The van der Waals surface area contributed by atoms with Gasteiger partial charge in [-0.2, -0.15) is 0 Å². The minimum Gasteiger partial charge on any atom is -0.288 e. The van der Waals surface area contributed by atoms with Crippen LogP contribution in [0.2, 0.25) is 0 Å². The molecule has 0 bridgehead atoms. The number of nitrogens with zero attached hydrogens (tertiary/aromatic N) is 2. The normalized spacial score (nSPS) is 11.8. The van der Waals surface area contributed by atoms with Gasteiger partial charge in [-0.1, -0.05) is 0 Å². The Kier molecular flexibility index (Phi) is 2.38. The van der Waals surface area contributed by atoms with Gasteiger partial charge in [0.1, 0.15) is 17.1 Å². The van der Waals surface area contributed by atoms with Crippen molar-refractivity contribution in [3.05, 3.63) is 29.6 Å². The molecule has 0 fully saturated rings. The summed E-state index contributed by atoms with van der Waals surface area (Å²) in [5, 5.41) is 7.42. The van der Waals surface area contributed by atoms with Gasteiger partial charge >= 0.3 is 0 Å². The van der Waals surface area contributed by atoms with Crippen molar-refractivity contribution < 1.29 is 4.39 Å². The minimum absolute atomic E-state index is 0.222. The van der Waals surface area contributed by atoms with Crippen molar-refractivity contribution in [1.29, 1.82) is 5.41 Å². The molecule has 1 rings (SSSR count). The van der Waals surface area contributed by atoms with Gasteiger partial charge in [-0.05, 0) is 19.1 Å². The number of halogens is 1. The van der Waals surface area contributed by atoms with Crippen LogP contribution in [-0.2, 0) is 0 Å². The number of hydrogen-bond acceptors (Lipinski definition) is 2. The molecule has 0 aliphatic heterocycles. The Morgan fingerprint density at radius 1 is 1.58 bits per heavy atom. The van der Waals surface area contributed by atoms with Gasteiger partial charge in [0.05, 0.1) is 0 Å². The highest BCUT2D eigenvalue weighted by Gasteiger charge is 1.96. The Morgan fingerprint density at radius 2 is 2.25 bits per heavy atom. The molecule has 0 aliphatic carbocycles. The lowest BCUT2D eigenvalue weighted by Gasteiger charge is -2.04. The highest BCUT2D eigenvalue weighted by molar-refractivity contribution is 5.81. The second-order valence-corrected chi connectivity index (χ2v) is 2.37. The van der Waals surface area contributed by atoms with E-state index < -0.39 is 0 Å². The summed E-state index contributed by atoms with van der Waals surface area (Å²) in [5.74, 6) is 0.230. The van der Waals surface area contributed by atoms with Crippen LogP contribution in [0.15, 0.2) is 23.3 Å². The fourth-order valence-corrected chi connectivity index (χ4v) is 0.850. The molecule has 0 amide bonds. The van der Waals surface area contributed by atoms with E-state index in [-0.39, 0.29) is 11.3 Å². The molecule has 0 spiro atoms. The molecule has 3 nitrogen and oxygen atoms in total. The van der Waals surface area contributed by atoms with Gasteiger partial charge in [0.15, 0.2) is 0 Å². The van der Waals surface area contributed by atoms with Crippen molar-refractivity contribution in [1.82, 2.24) is 4.57 Å². The number of nitrogens with one attached hydrogen (secondary N) is 1. The summed E-state index contributed by atoms with van der Waals surface area (Å²) in [4.78, 5) is 3.85. The summed E-state index contributed by atoms with van der Waals surface area (Å²) in [6.07, 6.45) is 1.24. The van der Waals surface area contributed by atoms with Crippen molar-refractivity contribution in [3.8, 4) is 0 Å². The third-order valence-electron chi connectivity index (χ3n) is 1.58. The smallest absolute Gasteiger partial charge is 0.139 e. The lowest BCUT2D eigenvalue weighted by atomic mass is 10.4. The third kappa shape index (κ3) is 1.58. The zero-order valence-electron chi connectivity index (χ0n) is 7.00. The summed E-state index contributed by atoms with van der Waals surface area (Å²) >= 11 is 0. The van der Waals surface area contributed by atoms with E-state index in [4.69, 9.17) is 5.41 Å². The zero-order chi connectivity index (χ0) is 9.14. The molecule has 0 aromatic carbocycles. The average molecular weight is 167 g/mol. The number of aliphatic imine (C=N–C) groups is 1. The zero-order valence-corrected chi connectivity index (χ0v) is 7.00. The van der Waals surface area contributed by atoms with Gasteiger partial charge in [-0.15, -0.1) is 0 Å². The predicted molar refractivity (Wildman–Crippen MR) is 44.7 cm³/mol. The largest absolute Gasteiger partial charge is 0.288 e. The molecule has 0 radical (unpaired) electrons. The SMILES string of the molecule is CN=C(C)n1cc(F)ccc1=N. The monoisotopic (exact) mass is 167 g/mol. The summed E-state index contributed by atoms with van der Waals surface area (Å²) in [5.41, 5.74) is 0.222. The van der Waals surface area contributed by atoms with Crippen LogP contribution in [0, 0.1) is 11.2 Å². The summed E-state index contributed by atoms with van der Waals surface area (Å²) in [7, 11) is 1.60. The van der Waals surface area contributed by atoms with Gasteiger partial charge in [0.2, 0.25) is 0 Å². The van der Waals surface area contributed by atoms with Crippen molar-refractivity contribution >= 4 is 5.84 Å². The Morgan fingerprint density at radius 3 is 2.83 bits per heavy atom. The van der Waals surface area contributed by atoms with E-state index >= 15 is 0 Å². The first-order chi connectivity index (χ1) is 5.65. The maximum Gasteiger partial charge on any atom is 0.139 e. The van der Waals surface area contributed by atoms with Crippen LogP contribution < -0.4 is 5.49 Å². The Bertz CT molecular complexity index is 365. The molecule has 0 unspecified atom stereocenters. The molecule has 12 heavy (non-hydrogen) atoms. The molecule has 0 saturated heterocycles. The summed E-state index contributed by atoms with van der Waals surface area (Å²) in [6, 6.07) is 2.64. The van der Waals surface area contributed by atoms with Crippen LogP contribution in [0.3, 0.4) is 0 Å². The van der Waals surface area contributed by atoms with Crippen LogP contribution in [0.25, 0.3) is 0 Å². The average Bonchev–Trinajstić information content (AvgIpc) is 2.08. The van der Waals surface area contributed by atoms with Gasteiger partial charge < -0.3 is 0 Å². The first kappa shape index (κ1) is 8.64. The molecule has 1 N–H and O–H groups in total. The minimum atomic E-state index is -0.367. The van der Waals surface area contributed by atoms with E-state index in [1.165, 1.54) is 22.9 Å². The molecule has 1 aromatic heterocycles. The molecule has 64 valence electrons. The number of rotatable bonds is 0. The molecule has 0 aliphatic rings. The van der Waals surface area contributed by atoms with Crippen LogP contribution in [0.5, 0.6) is 0 Å². The Balaban J connectivity index is 3.33. The topological polar surface area (TPSA) is 41.1 Å². The second kappa shape index (κ2) is 3.30. The van der Waals surface area contributed by atoms with Crippen LogP contribution in [0.1, 0.15) is 6.92 Å². The van der Waals surface area contributed by atoms with E-state index in [2.05, 4.69) is 4.99 Å². The van der Waals surface area contributed by atoms with Crippen molar-refractivity contribution in [2.24, 2.45) is 4.99 Å². The van der Waals surface area contributed by atoms with Gasteiger partial charge in [-0.25, -0.2) is 4.39 Å². The standard InChI is InChI=1S/C8H10FN3/c1-6(11-2)12-5-7(9)3-4-8(12)10/h3-5,10H,1-2H3. The number of hydrogen-bond donors (Lipinski definition) is 1. The summed E-state index contributed by atoms with van der Waals surface area (Å²) in [6.45, 7) is 1.72. The van der Waals surface area contributed by atoms with E-state index in [1.54, 1.807) is 14.0 Å². The molecular formula is C8H10FN3. The first-order valence-corrected chi connectivity index (χ1v) is 3.51. The Labute approximate surface area is 69.7 Å². The van der Waals surface area contributed by atoms with Crippen LogP contribution in [-0.4, -0.2) is 17.5 Å². The molecule has 0 saturated carbocycles. The first-order valence-electron chi connectivity index (χ1n) is 3.51. The lowest BCUT2D eigenvalue weighted by molar-refractivity contribution is 0.613. The maximum atomic E-state index is 12.7. The van der Waals surface area contributed by atoms with E-state index in [0.717, 1.165) is 0 Å². The lowest BCUT2D eigenvalue weighted by Crippen LogP contribution is -2.24. The molecular weight excluding hydrogens is 157 g/mol. The van der Waals surface area contributed by atoms with Gasteiger partial charge in [0.25, 0.3) is 0 Å². The van der Waals surface area contributed by atoms with E-state index in [1.807, 2.05) is 0 Å². The molecule has 1 heterocycles. The molecule has 4 heteroatoms. The predicted octanol–water partition coefficient (Wildman–Crippen LogP) is 1.00. The quantitative estimate of drug-likeness (QED) is 0.442. The van der Waals surface area contributed by atoms with Crippen molar-refractivity contribution in [2.45, 2.75) is 6.92 Å². The van der Waals surface area contributed by atoms with Gasteiger partial charge in [-0.3, -0.25) is 15.0 Å². The van der Waals surface area contributed by atoms with Crippen molar-refractivity contribution in [3.63, 3.8) is 0 Å². The number of aromatic nitrogens is 1. The highest BCUT2D eigenvalue weighted by Crippen LogP contribution is 1.91. The fraction of sp³-hybridized carbons (Fsp3) is 0.250. The van der Waals surface area contributed by atoms with Gasteiger partial charge in [0, 0.05) is 13.2 Å². The molecule has 1 aromatic rings. The summed E-state index contributed by atoms with van der Waals surface area (Å²) < 4.78 is 14.1. The number of pyridine rings is 1. The fourth-order valence-electron chi connectivity index (χ4n) is 0.850. The second-order valence-electron chi connectivity index (χ2n) is 2.37. The van der Waals surface area contributed by atoms with Crippen LogP contribution in [0.4, 0.5) is 4.39 Å². The maximum absolute atomic E-state index is 12.7. The van der Waals surface area contributed by atoms with E-state index in [0.29, 0.717) is 5.84 Å². The van der Waals surface area contributed by atoms with Crippen molar-refractivity contribution in [2.75, 3.05) is 7.05 Å². The van der Waals surface area contributed by atoms with Crippen LogP contribution >= 0.6 is 0 Å². The third-order valence-corrected chi connectivity index (χ3v) is 1.58. The molecule has 0 atom stereocenters. The highest BCUT2D eigenvalue weighted by atomic mass is 19.1. The van der Waals surface area contributed by atoms with E-state index in [9.17, 15) is 4.39 Å². The Hall–Kier alpha value is -1.45.